The maximum atomic E-state index is 12.2. The van der Waals surface area contributed by atoms with E-state index in [1.807, 2.05) is 38.2 Å². The van der Waals surface area contributed by atoms with E-state index in [2.05, 4.69) is 15.1 Å². The van der Waals surface area contributed by atoms with Gasteiger partial charge in [0.05, 0.1) is 16.8 Å². The number of para-hydroxylation sites is 1. The molecule has 24 heavy (non-hydrogen) atoms. The first-order chi connectivity index (χ1) is 11.5. The van der Waals surface area contributed by atoms with Crippen molar-refractivity contribution in [2.24, 2.45) is 12.1 Å². The van der Waals surface area contributed by atoms with Crippen LogP contribution in [0.25, 0.3) is 10.9 Å². The summed E-state index contributed by atoms with van der Waals surface area (Å²) in [6.45, 7) is 2.01. The zero-order valence-electron chi connectivity index (χ0n) is 13.2. The number of aryl methyl sites for hydroxylation is 1. The highest BCUT2D eigenvalue weighted by atomic mass is 35.5. The van der Waals surface area contributed by atoms with E-state index in [9.17, 15) is 4.79 Å². The van der Waals surface area contributed by atoms with Crippen LogP contribution in [-0.2, 0) is 7.05 Å². The summed E-state index contributed by atoms with van der Waals surface area (Å²) in [5.74, 6) is -0.384. The molecule has 0 spiro atoms. The Balaban J connectivity index is 1.85. The minimum atomic E-state index is -0.384. The van der Waals surface area contributed by atoms with E-state index in [4.69, 9.17) is 23.2 Å². The minimum absolute atomic E-state index is 0.288. The van der Waals surface area contributed by atoms with Crippen LogP contribution in [0.1, 0.15) is 21.6 Å². The van der Waals surface area contributed by atoms with Crippen LogP contribution in [0, 0.1) is 6.92 Å². The van der Waals surface area contributed by atoms with Crippen molar-refractivity contribution in [1.82, 2.24) is 9.99 Å². The van der Waals surface area contributed by atoms with Crippen molar-refractivity contribution in [3.63, 3.8) is 0 Å². The molecule has 3 rings (SSSR count). The molecule has 1 heterocycles. The number of hydrogen-bond acceptors (Lipinski definition) is 2. The molecule has 0 aliphatic rings. The van der Waals surface area contributed by atoms with Gasteiger partial charge in [-0.1, -0.05) is 41.4 Å². The molecule has 0 aliphatic heterocycles. The van der Waals surface area contributed by atoms with Crippen LogP contribution in [0.3, 0.4) is 0 Å². The number of carbonyl (C=O) groups is 1. The molecular formula is C18H15Cl2N3O. The Morgan fingerprint density at radius 2 is 1.96 bits per heavy atom. The molecule has 0 aliphatic carbocycles. The van der Waals surface area contributed by atoms with Crippen LogP contribution < -0.4 is 5.43 Å². The number of rotatable bonds is 3. The zero-order chi connectivity index (χ0) is 17.3. The molecule has 0 radical (unpaired) electrons. The van der Waals surface area contributed by atoms with Gasteiger partial charge in [-0.3, -0.25) is 4.79 Å². The van der Waals surface area contributed by atoms with Crippen molar-refractivity contribution >= 4 is 46.2 Å². The Labute approximate surface area is 149 Å². The van der Waals surface area contributed by atoms with Crippen LogP contribution in [0.15, 0.2) is 47.6 Å². The summed E-state index contributed by atoms with van der Waals surface area (Å²) in [4.78, 5) is 12.2. The number of fused-ring (bicyclic) bond motifs is 1. The third-order valence-corrected chi connectivity index (χ3v) is 4.53. The minimum Gasteiger partial charge on any atom is -0.347 e. The quantitative estimate of drug-likeness (QED) is 0.540. The Morgan fingerprint density at radius 3 is 2.71 bits per heavy atom. The second-order valence-electron chi connectivity index (χ2n) is 5.40. The Kier molecular flexibility index (Phi) is 4.60. The monoisotopic (exact) mass is 359 g/mol. The molecule has 4 nitrogen and oxygen atoms in total. The summed E-state index contributed by atoms with van der Waals surface area (Å²) >= 11 is 11.9. The average Bonchev–Trinajstić information content (AvgIpc) is 2.80. The summed E-state index contributed by atoms with van der Waals surface area (Å²) in [6.07, 6.45) is 1.65. The van der Waals surface area contributed by atoms with E-state index in [1.165, 1.54) is 6.07 Å². The highest BCUT2D eigenvalue weighted by molar-refractivity contribution is 6.36. The second kappa shape index (κ2) is 6.67. The lowest BCUT2D eigenvalue weighted by Gasteiger charge is -2.03. The normalized spacial score (nSPS) is 11.3. The summed E-state index contributed by atoms with van der Waals surface area (Å²) < 4.78 is 2.09. The van der Waals surface area contributed by atoms with Crippen LogP contribution >= 0.6 is 23.2 Å². The first-order valence-corrected chi connectivity index (χ1v) is 8.07. The van der Waals surface area contributed by atoms with Gasteiger partial charge in [-0.25, -0.2) is 5.43 Å². The summed E-state index contributed by atoms with van der Waals surface area (Å²) in [6, 6.07) is 12.8. The third-order valence-electron chi connectivity index (χ3n) is 3.98. The van der Waals surface area contributed by atoms with E-state index in [0.717, 1.165) is 22.2 Å². The molecule has 3 aromatic rings. The van der Waals surface area contributed by atoms with Gasteiger partial charge >= 0.3 is 0 Å². The highest BCUT2D eigenvalue weighted by Gasteiger charge is 2.11. The number of amides is 1. The molecular weight excluding hydrogens is 345 g/mol. The van der Waals surface area contributed by atoms with Gasteiger partial charge < -0.3 is 4.57 Å². The van der Waals surface area contributed by atoms with Crippen LogP contribution in [-0.4, -0.2) is 16.7 Å². The fraction of sp³-hybridized carbons (Fsp3) is 0.111. The summed E-state index contributed by atoms with van der Waals surface area (Å²) in [7, 11) is 2.00. The predicted molar refractivity (Wildman–Crippen MR) is 99.2 cm³/mol. The van der Waals surface area contributed by atoms with Crippen LogP contribution in [0.2, 0.25) is 10.0 Å². The molecule has 0 saturated carbocycles. The first-order valence-electron chi connectivity index (χ1n) is 7.31. The maximum absolute atomic E-state index is 12.2. The van der Waals surface area contributed by atoms with E-state index in [1.54, 1.807) is 18.3 Å². The van der Waals surface area contributed by atoms with E-state index < -0.39 is 0 Å². The smallest absolute Gasteiger partial charge is 0.272 e. The molecule has 1 amide bonds. The Bertz CT molecular complexity index is 960. The van der Waals surface area contributed by atoms with Gasteiger partial charge in [0.2, 0.25) is 0 Å². The van der Waals surface area contributed by atoms with Crippen molar-refractivity contribution in [2.45, 2.75) is 6.92 Å². The number of nitrogens with one attached hydrogen (secondary N) is 1. The average molecular weight is 360 g/mol. The maximum Gasteiger partial charge on any atom is 0.272 e. The number of aromatic nitrogens is 1. The van der Waals surface area contributed by atoms with E-state index in [0.29, 0.717) is 10.6 Å². The van der Waals surface area contributed by atoms with Crippen molar-refractivity contribution in [3.05, 3.63) is 69.3 Å². The molecule has 1 aromatic heterocycles. The SMILES string of the molecule is Cc1c(C=NNC(=O)c2ccc(Cl)cc2Cl)c2ccccc2n1C. The number of benzene rings is 2. The van der Waals surface area contributed by atoms with Crippen molar-refractivity contribution in [1.29, 1.82) is 0 Å². The number of carbonyl (C=O) groups excluding carboxylic acids is 1. The fourth-order valence-corrected chi connectivity index (χ4v) is 3.10. The van der Waals surface area contributed by atoms with Gasteiger partial charge in [-0.2, -0.15) is 5.10 Å². The van der Waals surface area contributed by atoms with Gasteiger partial charge in [0.1, 0.15) is 0 Å². The van der Waals surface area contributed by atoms with Crippen LogP contribution in [0.4, 0.5) is 0 Å². The predicted octanol–water partition coefficient (Wildman–Crippen LogP) is 4.56. The summed E-state index contributed by atoms with van der Waals surface area (Å²) in [5.41, 5.74) is 5.98. The lowest BCUT2D eigenvalue weighted by molar-refractivity contribution is 0.0955. The molecule has 6 heteroatoms. The molecule has 0 bridgehead atoms. The molecule has 0 fully saturated rings. The molecule has 0 unspecified atom stereocenters. The van der Waals surface area contributed by atoms with Crippen molar-refractivity contribution in [3.8, 4) is 0 Å². The van der Waals surface area contributed by atoms with Gasteiger partial charge in [0.15, 0.2) is 0 Å². The number of hydrazone groups is 1. The van der Waals surface area contributed by atoms with Crippen molar-refractivity contribution in [2.75, 3.05) is 0 Å². The molecule has 2 aromatic carbocycles. The van der Waals surface area contributed by atoms with Gasteiger partial charge in [0.25, 0.3) is 5.91 Å². The fourth-order valence-electron chi connectivity index (χ4n) is 2.60. The number of nitrogens with zero attached hydrogens (tertiary/aromatic N) is 2. The first kappa shape index (κ1) is 16.6. The van der Waals surface area contributed by atoms with Gasteiger partial charge in [0, 0.05) is 34.2 Å². The molecule has 1 N–H and O–H groups in total. The topological polar surface area (TPSA) is 46.4 Å². The lowest BCUT2D eigenvalue weighted by atomic mass is 10.1. The Morgan fingerprint density at radius 1 is 1.21 bits per heavy atom. The largest absolute Gasteiger partial charge is 0.347 e. The van der Waals surface area contributed by atoms with E-state index >= 15 is 0 Å². The van der Waals surface area contributed by atoms with Crippen molar-refractivity contribution < 1.29 is 4.79 Å². The van der Waals surface area contributed by atoms with Crippen LogP contribution in [0.5, 0.6) is 0 Å². The Hall–Kier alpha value is -2.30. The highest BCUT2D eigenvalue weighted by Crippen LogP contribution is 2.23. The molecule has 0 saturated heterocycles. The number of hydrogen-bond donors (Lipinski definition) is 1. The summed E-state index contributed by atoms with van der Waals surface area (Å²) in [5, 5.41) is 5.93. The van der Waals surface area contributed by atoms with Gasteiger partial charge in [-0.15, -0.1) is 0 Å². The van der Waals surface area contributed by atoms with Gasteiger partial charge in [-0.05, 0) is 31.2 Å². The van der Waals surface area contributed by atoms with E-state index in [-0.39, 0.29) is 10.9 Å². The third kappa shape index (κ3) is 3.03. The zero-order valence-corrected chi connectivity index (χ0v) is 14.7. The molecule has 0 atom stereocenters. The number of halogens is 2. The molecule has 122 valence electrons. The standard InChI is InChI=1S/C18H15Cl2N3O/c1-11-15(13-5-3-4-6-17(13)23(11)2)10-21-22-18(24)14-8-7-12(19)9-16(14)20/h3-10H,1-2H3,(H,22,24). The lowest BCUT2D eigenvalue weighted by Crippen LogP contribution is -2.18. The second-order valence-corrected chi connectivity index (χ2v) is 6.24.